The van der Waals surface area contributed by atoms with Crippen molar-refractivity contribution in [2.75, 3.05) is 31.7 Å². The lowest BCUT2D eigenvalue weighted by molar-refractivity contribution is -0.116. The molecule has 318 valence electrons. The topological polar surface area (TPSA) is 151 Å². The fourth-order valence-corrected chi connectivity index (χ4v) is 8.86. The predicted molar refractivity (Wildman–Crippen MR) is 240 cm³/mol. The average Bonchev–Trinajstić information content (AvgIpc) is 3.89. The van der Waals surface area contributed by atoms with Crippen molar-refractivity contribution in [2.45, 2.75) is 79.5 Å². The number of anilines is 1. The van der Waals surface area contributed by atoms with Crippen molar-refractivity contribution in [3.05, 3.63) is 123 Å². The van der Waals surface area contributed by atoms with Gasteiger partial charge in [-0.3, -0.25) is 14.4 Å². The molecule has 1 atom stereocenters. The van der Waals surface area contributed by atoms with Crippen molar-refractivity contribution in [1.29, 1.82) is 0 Å². The van der Waals surface area contributed by atoms with E-state index in [1.807, 2.05) is 113 Å². The van der Waals surface area contributed by atoms with Crippen LogP contribution in [-0.2, 0) is 20.8 Å². The number of carbonyl (C=O) groups excluding carboxylic acids is 2. The molecule has 1 aliphatic heterocycles. The third-order valence-corrected chi connectivity index (χ3v) is 12.1. The second kappa shape index (κ2) is 19.2. The number of aryl methyl sites for hydroxylation is 3. The van der Waals surface area contributed by atoms with Gasteiger partial charge in [-0.25, -0.2) is 9.78 Å². The highest BCUT2D eigenvalue weighted by Gasteiger charge is 2.32. The third kappa shape index (κ3) is 10.7. The van der Waals surface area contributed by atoms with Gasteiger partial charge in [0.15, 0.2) is 5.82 Å². The molecule has 6 aromatic rings. The molecular formula is C46H51N7O6S2. The van der Waals surface area contributed by atoms with Gasteiger partial charge in [-0.05, 0) is 102 Å². The number of rotatable bonds is 16. The normalized spacial score (nSPS) is 13.4. The molecule has 61 heavy (non-hydrogen) atoms. The minimum atomic E-state index is -0.594. The lowest BCUT2D eigenvalue weighted by Crippen LogP contribution is -2.32. The summed E-state index contributed by atoms with van der Waals surface area (Å²) in [6.45, 7) is 15.6. The summed E-state index contributed by atoms with van der Waals surface area (Å²) in [7, 11) is 0. The average molecular weight is 862 g/mol. The van der Waals surface area contributed by atoms with E-state index in [-0.39, 0.29) is 18.9 Å². The number of aromatic nitrogens is 4. The van der Waals surface area contributed by atoms with Crippen LogP contribution in [0.15, 0.2) is 83.3 Å². The quantitative estimate of drug-likeness (QED) is 0.0907. The predicted octanol–water partition coefficient (Wildman–Crippen LogP) is 9.50. The Balaban J connectivity index is 0.944. The summed E-state index contributed by atoms with van der Waals surface area (Å²) in [6.07, 6.45) is 0.298. The van der Waals surface area contributed by atoms with E-state index in [0.29, 0.717) is 44.4 Å². The molecule has 13 nitrogen and oxygen atoms in total. The number of alkyl carbamates (subject to hydrolysis) is 1. The highest BCUT2D eigenvalue weighted by molar-refractivity contribution is 7.15. The molecule has 15 heteroatoms. The first-order chi connectivity index (χ1) is 29.3. The Morgan fingerprint density at radius 1 is 0.869 bits per heavy atom. The molecule has 3 aromatic carbocycles. The first-order valence-corrected chi connectivity index (χ1v) is 21.9. The van der Waals surface area contributed by atoms with Crippen LogP contribution in [0.5, 0.6) is 11.5 Å². The Hall–Kier alpha value is -5.90. The second-order valence-electron chi connectivity index (χ2n) is 15.6. The minimum Gasteiger partial charge on any atom is -0.494 e. The van der Waals surface area contributed by atoms with Gasteiger partial charge in [0.05, 0.1) is 41.4 Å². The van der Waals surface area contributed by atoms with Crippen LogP contribution in [0.25, 0.3) is 15.4 Å². The summed E-state index contributed by atoms with van der Waals surface area (Å²) in [5.41, 5.74) is 8.61. The Kier molecular flexibility index (Phi) is 13.6. The third-order valence-electron chi connectivity index (χ3n) is 9.89. The first kappa shape index (κ1) is 43.2. The van der Waals surface area contributed by atoms with Crippen LogP contribution in [0, 0.1) is 27.7 Å². The monoisotopic (exact) mass is 861 g/mol. The molecule has 2 N–H and O–H groups in total. The molecule has 0 spiro atoms. The molecule has 0 saturated carbocycles. The van der Waals surface area contributed by atoms with E-state index in [4.69, 9.17) is 23.9 Å². The fourth-order valence-electron chi connectivity index (χ4n) is 6.84. The van der Waals surface area contributed by atoms with E-state index in [0.717, 1.165) is 66.4 Å². The second-order valence-corrected chi connectivity index (χ2v) is 17.7. The molecule has 0 fully saturated rings. The summed E-state index contributed by atoms with van der Waals surface area (Å²) in [4.78, 5) is 37.6. The molecule has 3 aromatic heterocycles. The number of hydrogen-bond donors (Lipinski definition) is 2. The Bertz CT molecular complexity index is 2500. The number of ether oxygens (including phenoxy) is 4. The fraction of sp³-hybridized carbons (Fsp3) is 0.348. The lowest BCUT2D eigenvalue weighted by Gasteiger charge is -2.20. The van der Waals surface area contributed by atoms with Crippen LogP contribution in [-0.4, -0.2) is 69.5 Å². The Morgan fingerprint density at radius 3 is 2.38 bits per heavy atom. The minimum absolute atomic E-state index is 0.105. The van der Waals surface area contributed by atoms with E-state index in [9.17, 15) is 9.59 Å². The zero-order valence-corrected chi connectivity index (χ0v) is 37.2. The zero-order valence-electron chi connectivity index (χ0n) is 35.5. The summed E-state index contributed by atoms with van der Waals surface area (Å²) in [5.74, 6) is 2.62. The highest BCUT2D eigenvalue weighted by Crippen LogP contribution is 2.40. The van der Waals surface area contributed by atoms with Gasteiger partial charge in [0.25, 0.3) is 0 Å². The largest absolute Gasteiger partial charge is 0.494 e. The molecular weight excluding hydrogens is 811 g/mol. The van der Waals surface area contributed by atoms with Crippen LogP contribution in [0.3, 0.4) is 0 Å². The Labute approximate surface area is 364 Å². The van der Waals surface area contributed by atoms with Crippen molar-refractivity contribution >= 4 is 46.1 Å². The van der Waals surface area contributed by atoms with Crippen LogP contribution >= 0.6 is 22.7 Å². The van der Waals surface area contributed by atoms with Crippen LogP contribution in [0.1, 0.15) is 84.1 Å². The van der Waals surface area contributed by atoms with Gasteiger partial charge in [-0.2, -0.15) is 0 Å². The number of thiophene rings is 1. The molecule has 0 unspecified atom stereocenters. The summed E-state index contributed by atoms with van der Waals surface area (Å²) in [6, 6.07) is 22.7. The van der Waals surface area contributed by atoms with E-state index in [2.05, 4.69) is 44.2 Å². The van der Waals surface area contributed by atoms with E-state index >= 15 is 0 Å². The highest BCUT2D eigenvalue weighted by atomic mass is 32.1. The molecule has 1 aliphatic rings. The van der Waals surface area contributed by atoms with Gasteiger partial charge in [0.2, 0.25) is 5.91 Å². The smallest absolute Gasteiger partial charge is 0.407 e. The summed E-state index contributed by atoms with van der Waals surface area (Å²) >= 11 is 3.25. The van der Waals surface area contributed by atoms with Crippen LogP contribution in [0.4, 0.5) is 10.5 Å². The molecule has 0 bridgehead atoms. The van der Waals surface area contributed by atoms with Gasteiger partial charge >= 0.3 is 6.09 Å². The maximum Gasteiger partial charge on any atom is 0.407 e. The van der Waals surface area contributed by atoms with Gasteiger partial charge < -0.3 is 29.6 Å². The lowest BCUT2D eigenvalue weighted by atomic mass is 9.99. The first-order valence-electron chi connectivity index (χ1n) is 20.2. The number of carbonyl (C=O) groups is 2. The number of nitrogens with zero attached hydrogens (tertiary/aromatic N) is 5. The molecule has 0 radical (unpaired) electrons. The van der Waals surface area contributed by atoms with E-state index in [1.54, 1.807) is 22.7 Å². The molecule has 0 aliphatic carbocycles. The number of thiazole rings is 1. The van der Waals surface area contributed by atoms with Crippen molar-refractivity contribution in [1.82, 2.24) is 25.1 Å². The molecule has 2 amide bonds. The zero-order chi connectivity index (χ0) is 43.1. The number of amides is 2. The maximum atomic E-state index is 13.3. The van der Waals surface area contributed by atoms with Crippen molar-refractivity contribution in [2.24, 2.45) is 4.99 Å². The standard InChI is InChI=1S/C46H51N7O6S2/c1-28-30(3)61-44-40(28)41(50-37(43-52-51-31(4)53(43)44)25-39(54)49-35-12-9-8-10-13-35)32-16-18-36(19-17-32)57-21-11-20-56-22-23-58-38-24-33(42-29(2)48-27-60-42)14-15-34(38)26-47-45(55)59-46(5,6)7/h8-10,12-19,24,27,37H,11,20-23,25-26H2,1-7H3,(H,47,55)(H,49,54)/t37-/m0/s1. The van der Waals surface area contributed by atoms with Gasteiger partial charge in [-0.1, -0.05) is 30.3 Å². The molecule has 0 saturated heterocycles. The number of para-hydroxylation sites is 1. The van der Waals surface area contributed by atoms with Gasteiger partial charge in [-0.15, -0.1) is 32.9 Å². The van der Waals surface area contributed by atoms with Crippen molar-refractivity contribution in [3.8, 4) is 26.9 Å². The molecule has 7 rings (SSSR count). The maximum absolute atomic E-state index is 13.3. The van der Waals surface area contributed by atoms with Crippen LogP contribution in [0.2, 0.25) is 0 Å². The van der Waals surface area contributed by atoms with Gasteiger partial charge in [0.1, 0.15) is 40.6 Å². The van der Waals surface area contributed by atoms with Crippen molar-refractivity contribution < 1.29 is 28.5 Å². The van der Waals surface area contributed by atoms with Crippen molar-refractivity contribution in [3.63, 3.8) is 0 Å². The molecule has 4 heterocycles. The Morgan fingerprint density at radius 2 is 1.64 bits per heavy atom. The summed E-state index contributed by atoms with van der Waals surface area (Å²) in [5, 5.41) is 15.8. The van der Waals surface area contributed by atoms with E-state index < -0.39 is 17.7 Å². The van der Waals surface area contributed by atoms with E-state index in [1.165, 1.54) is 4.88 Å². The number of aliphatic imine (C=N–C) groups is 1. The number of benzene rings is 3. The number of nitrogens with one attached hydrogen (secondary N) is 2. The summed E-state index contributed by atoms with van der Waals surface area (Å²) < 4.78 is 25.7. The number of hydrogen-bond acceptors (Lipinski definition) is 12. The van der Waals surface area contributed by atoms with Gasteiger partial charge in [0, 0.05) is 46.8 Å². The van der Waals surface area contributed by atoms with Crippen LogP contribution < -0.4 is 20.1 Å². The SMILES string of the molecule is Cc1ncsc1-c1ccc(CNC(=O)OC(C)(C)C)c(OCCOCCCOc2ccc(C3=N[C@@H](CC(=O)Nc4ccccc4)c4nnc(C)n4-c4sc(C)c(C)c43)cc2)c1. The number of fused-ring (bicyclic) bond motifs is 3.